The van der Waals surface area contributed by atoms with E-state index in [9.17, 15) is 4.79 Å². The zero-order valence-corrected chi connectivity index (χ0v) is 13.2. The van der Waals surface area contributed by atoms with Gasteiger partial charge in [-0.1, -0.05) is 28.0 Å². The number of ether oxygens (including phenoxy) is 1. The predicted molar refractivity (Wildman–Crippen MR) is 81.0 cm³/mol. The van der Waals surface area contributed by atoms with E-state index in [1.165, 1.54) is 7.11 Å². The molecule has 1 unspecified atom stereocenters. The van der Waals surface area contributed by atoms with Crippen LogP contribution in [0.1, 0.15) is 25.8 Å². The minimum absolute atomic E-state index is 0.0802. The first-order chi connectivity index (χ1) is 9.37. The summed E-state index contributed by atoms with van der Waals surface area (Å²) in [5.74, 6) is -0.379. The first kappa shape index (κ1) is 16.5. The van der Waals surface area contributed by atoms with Crippen LogP contribution in [0.3, 0.4) is 0 Å². The third-order valence-corrected chi connectivity index (χ3v) is 3.71. The average molecular weight is 344 g/mol. The zero-order valence-electron chi connectivity index (χ0n) is 11.6. The molecule has 20 heavy (non-hydrogen) atoms. The van der Waals surface area contributed by atoms with Gasteiger partial charge in [0.15, 0.2) is 5.84 Å². The first-order valence-corrected chi connectivity index (χ1v) is 6.81. The summed E-state index contributed by atoms with van der Waals surface area (Å²) in [4.78, 5) is 12.3. The highest BCUT2D eigenvalue weighted by molar-refractivity contribution is 9.10. The Bertz CT molecular complexity index is 528. The summed E-state index contributed by atoms with van der Waals surface area (Å²) in [6.07, 6.45) is 0.516. The number of oxime groups is 1. The molecule has 1 aromatic carbocycles. The van der Waals surface area contributed by atoms with Gasteiger partial charge in [0.1, 0.15) is 5.60 Å². The number of nitrogens with one attached hydrogen (secondary N) is 1. The van der Waals surface area contributed by atoms with E-state index in [0.717, 1.165) is 4.47 Å². The Balaban J connectivity index is 3.14. The average Bonchev–Trinajstić information content (AvgIpc) is 2.45. The Kier molecular flexibility index (Phi) is 5.52. The SMILES string of the molecule is CCC(C)(OC)C(=O)Nc1cc(Br)ccc1/C(N)=N/O. The number of nitrogens with zero attached hydrogens (tertiary/aromatic N) is 1. The lowest BCUT2D eigenvalue weighted by Crippen LogP contribution is -2.41. The van der Waals surface area contributed by atoms with Crippen molar-refractivity contribution >= 4 is 33.4 Å². The summed E-state index contributed by atoms with van der Waals surface area (Å²) < 4.78 is 6.01. The van der Waals surface area contributed by atoms with Crippen molar-refractivity contribution in [3.05, 3.63) is 28.2 Å². The summed E-state index contributed by atoms with van der Waals surface area (Å²) in [6, 6.07) is 5.06. The van der Waals surface area contributed by atoms with Gasteiger partial charge in [-0.3, -0.25) is 4.79 Å². The van der Waals surface area contributed by atoms with E-state index in [4.69, 9.17) is 15.7 Å². The fourth-order valence-corrected chi connectivity index (χ4v) is 1.91. The number of nitrogens with two attached hydrogens (primary N) is 1. The highest BCUT2D eigenvalue weighted by Crippen LogP contribution is 2.24. The van der Waals surface area contributed by atoms with Crippen molar-refractivity contribution in [2.75, 3.05) is 12.4 Å². The van der Waals surface area contributed by atoms with Crippen LogP contribution in [-0.2, 0) is 9.53 Å². The Labute approximate surface area is 126 Å². The van der Waals surface area contributed by atoms with Gasteiger partial charge in [0.2, 0.25) is 0 Å². The van der Waals surface area contributed by atoms with Crippen LogP contribution in [-0.4, -0.2) is 29.7 Å². The molecule has 0 saturated heterocycles. The fourth-order valence-electron chi connectivity index (χ4n) is 1.55. The van der Waals surface area contributed by atoms with E-state index in [2.05, 4.69) is 26.4 Å². The lowest BCUT2D eigenvalue weighted by Gasteiger charge is -2.25. The standard InChI is InChI=1S/C13H18BrN3O3/c1-4-13(2,20-3)12(18)16-10-7-8(14)5-6-9(10)11(15)17-19/h5-7,19H,4H2,1-3H3,(H2,15,17)(H,16,18). The Morgan fingerprint density at radius 2 is 2.25 bits per heavy atom. The molecule has 0 heterocycles. The number of amidine groups is 1. The van der Waals surface area contributed by atoms with Gasteiger partial charge in [-0.15, -0.1) is 0 Å². The molecule has 0 fully saturated rings. The monoisotopic (exact) mass is 343 g/mol. The summed E-state index contributed by atoms with van der Waals surface area (Å²) in [7, 11) is 1.48. The number of hydrogen-bond donors (Lipinski definition) is 3. The molecule has 1 amide bonds. The summed E-state index contributed by atoms with van der Waals surface area (Å²) in [5, 5.41) is 14.5. The molecule has 110 valence electrons. The molecule has 1 atom stereocenters. The van der Waals surface area contributed by atoms with E-state index in [1.807, 2.05) is 6.92 Å². The molecule has 0 radical (unpaired) electrons. The predicted octanol–water partition coefficient (Wildman–Crippen LogP) is 2.30. The number of benzene rings is 1. The van der Waals surface area contributed by atoms with Crippen LogP contribution in [0.5, 0.6) is 0 Å². The van der Waals surface area contributed by atoms with E-state index < -0.39 is 5.60 Å². The van der Waals surface area contributed by atoms with E-state index in [-0.39, 0.29) is 11.7 Å². The molecule has 0 aliphatic heterocycles. The molecule has 0 aromatic heterocycles. The second kappa shape index (κ2) is 6.71. The van der Waals surface area contributed by atoms with Crippen molar-refractivity contribution in [2.24, 2.45) is 10.9 Å². The number of rotatable bonds is 5. The fraction of sp³-hybridized carbons (Fsp3) is 0.385. The van der Waals surface area contributed by atoms with Crippen LogP contribution >= 0.6 is 15.9 Å². The molecule has 1 aromatic rings. The molecule has 1 rings (SSSR count). The topological polar surface area (TPSA) is 96.9 Å². The second-order valence-electron chi connectivity index (χ2n) is 4.42. The number of hydrogen-bond acceptors (Lipinski definition) is 4. The molecule has 4 N–H and O–H groups in total. The quantitative estimate of drug-likeness (QED) is 0.330. The Morgan fingerprint density at radius 1 is 1.60 bits per heavy atom. The number of methoxy groups -OCH3 is 1. The molecule has 0 spiro atoms. The van der Waals surface area contributed by atoms with Gasteiger partial charge in [-0.2, -0.15) is 0 Å². The molecular formula is C13H18BrN3O3. The zero-order chi connectivity index (χ0) is 15.3. The molecular weight excluding hydrogens is 326 g/mol. The molecule has 7 heteroatoms. The van der Waals surface area contributed by atoms with Crippen molar-refractivity contribution in [1.29, 1.82) is 0 Å². The van der Waals surface area contributed by atoms with Gasteiger partial charge in [0, 0.05) is 17.1 Å². The Morgan fingerprint density at radius 3 is 2.75 bits per heavy atom. The third-order valence-electron chi connectivity index (χ3n) is 3.22. The van der Waals surface area contributed by atoms with Crippen LogP contribution < -0.4 is 11.1 Å². The highest BCUT2D eigenvalue weighted by Gasteiger charge is 2.31. The number of anilines is 1. The largest absolute Gasteiger partial charge is 0.409 e. The number of halogens is 1. The highest BCUT2D eigenvalue weighted by atomic mass is 79.9. The van der Waals surface area contributed by atoms with Crippen molar-refractivity contribution in [3.8, 4) is 0 Å². The number of amides is 1. The van der Waals surface area contributed by atoms with Gasteiger partial charge in [-0.25, -0.2) is 0 Å². The molecule has 0 aliphatic rings. The minimum Gasteiger partial charge on any atom is -0.409 e. The maximum atomic E-state index is 12.3. The minimum atomic E-state index is -0.940. The number of carbonyl (C=O) groups excluding carboxylic acids is 1. The lowest BCUT2D eigenvalue weighted by atomic mass is 10.0. The van der Waals surface area contributed by atoms with Gasteiger partial charge < -0.3 is 21.0 Å². The molecule has 0 bridgehead atoms. The Hall–Kier alpha value is -1.60. The van der Waals surface area contributed by atoms with Gasteiger partial charge in [0.05, 0.1) is 5.69 Å². The van der Waals surface area contributed by atoms with Gasteiger partial charge >= 0.3 is 0 Å². The van der Waals surface area contributed by atoms with Crippen LogP contribution in [0.4, 0.5) is 5.69 Å². The summed E-state index contributed by atoms with van der Waals surface area (Å²) in [5.41, 5.74) is 5.53. The van der Waals surface area contributed by atoms with E-state index in [1.54, 1.807) is 25.1 Å². The first-order valence-electron chi connectivity index (χ1n) is 6.02. The second-order valence-corrected chi connectivity index (χ2v) is 5.33. The summed E-state index contributed by atoms with van der Waals surface area (Å²) >= 11 is 3.32. The third kappa shape index (κ3) is 3.49. The van der Waals surface area contributed by atoms with Crippen molar-refractivity contribution in [2.45, 2.75) is 25.9 Å². The maximum absolute atomic E-state index is 12.3. The summed E-state index contributed by atoms with van der Waals surface area (Å²) in [6.45, 7) is 3.55. The molecule has 0 saturated carbocycles. The number of carbonyl (C=O) groups is 1. The van der Waals surface area contributed by atoms with Crippen LogP contribution in [0.15, 0.2) is 27.8 Å². The van der Waals surface area contributed by atoms with Crippen molar-refractivity contribution < 1.29 is 14.7 Å². The maximum Gasteiger partial charge on any atom is 0.256 e. The van der Waals surface area contributed by atoms with Gasteiger partial charge in [-0.05, 0) is 31.5 Å². The van der Waals surface area contributed by atoms with E-state index >= 15 is 0 Å². The normalized spacial score (nSPS) is 14.7. The van der Waals surface area contributed by atoms with Crippen LogP contribution in [0, 0.1) is 0 Å². The molecule has 6 nitrogen and oxygen atoms in total. The smallest absolute Gasteiger partial charge is 0.256 e. The van der Waals surface area contributed by atoms with E-state index in [0.29, 0.717) is 17.7 Å². The van der Waals surface area contributed by atoms with Crippen LogP contribution in [0.2, 0.25) is 0 Å². The van der Waals surface area contributed by atoms with Crippen LogP contribution in [0.25, 0.3) is 0 Å². The molecule has 0 aliphatic carbocycles. The lowest BCUT2D eigenvalue weighted by molar-refractivity contribution is -0.136. The van der Waals surface area contributed by atoms with Crippen molar-refractivity contribution in [3.63, 3.8) is 0 Å². The van der Waals surface area contributed by atoms with Crippen molar-refractivity contribution in [1.82, 2.24) is 0 Å². The van der Waals surface area contributed by atoms with Gasteiger partial charge in [0.25, 0.3) is 5.91 Å².